The summed E-state index contributed by atoms with van der Waals surface area (Å²) >= 11 is 0. The lowest BCUT2D eigenvalue weighted by Gasteiger charge is -2.07. The van der Waals surface area contributed by atoms with Crippen LogP contribution in [0.4, 0.5) is 0 Å². The van der Waals surface area contributed by atoms with E-state index in [1.54, 1.807) is 0 Å². The number of benzene rings is 1. The first-order valence-corrected chi connectivity index (χ1v) is 4.47. The monoisotopic (exact) mass is 174 g/mol. The van der Waals surface area contributed by atoms with Crippen LogP contribution in [0.1, 0.15) is 12.0 Å². The number of hydrogen-bond donors (Lipinski definition) is 1. The fourth-order valence-electron chi connectivity index (χ4n) is 1.30. The zero-order valence-corrected chi connectivity index (χ0v) is 7.61. The van der Waals surface area contributed by atoms with Crippen molar-refractivity contribution in [2.75, 3.05) is 6.61 Å². The molecule has 0 fully saturated rings. The van der Waals surface area contributed by atoms with Gasteiger partial charge in [0.15, 0.2) is 0 Å². The number of rotatable bonds is 4. The molecule has 0 heterocycles. The third-order valence-electron chi connectivity index (χ3n) is 2.04. The zero-order valence-electron chi connectivity index (χ0n) is 7.61. The van der Waals surface area contributed by atoms with Crippen LogP contribution in [0.5, 0.6) is 0 Å². The van der Waals surface area contributed by atoms with Gasteiger partial charge in [-0.25, -0.2) is 0 Å². The van der Waals surface area contributed by atoms with Crippen LogP contribution in [0.2, 0.25) is 0 Å². The topological polar surface area (TPSA) is 20.2 Å². The summed E-state index contributed by atoms with van der Waals surface area (Å²) in [7, 11) is 0. The first kappa shape index (κ1) is 9.83. The van der Waals surface area contributed by atoms with Gasteiger partial charge in [0.2, 0.25) is 0 Å². The second-order valence-electron chi connectivity index (χ2n) is 3.07. The highest BCUT2D eigenvalue weighted by atomic mass is 16.3. The van der Waals surface area contributed by atoms with Crippen LogP contribution in [0.15, 0.2) is 30.3 Å². The Morgan fingerprint density at radius 2 is 2.00 bits per heavy atom. The van der Waals surface area contributed by atoms with E-state index >= 15 is 0 Å². The van der Waals surface area contributed by atoms with Crippen molar-refractivity contribution in [3.8, 4) is 12.3 Å². The smallest absolute Gasteiger partial charge is 0.0442 e. The Kier molecular flexibility index (Phi) is 4.08. The highest BCUT2D eigenvalue weighted by Gasteiger charge is 2.04. The van der Waals surface area contributed by atoms with E-state index < -0.39 is 0 Å². The van der Waals surface area contributed by atoms with Crippen LogP contribution in [-0.2, 0) is 6.42 Å². The van der Waals surface area contributed by atoms with Gasteiger partial charge in [-0.05, 0) is 18.4 Å². The molecule has 1 rings (SSSR count). The minimum Gasteiger partial charge on any atom is -0.396 e. The molecule has 0 aromatic heterocycles. The second kappa shape index (κ2) is 5.40. The van der Waals surface area contributed by atoms with Gasteiger partial charge in [0.25, 0.3) is 0 Å². The number of aliphatic hydroxyl groups is 1. The summed E-state index contributed by atoms with van der Waals surface area (Å²) in [6, 6.07) is 10.1. The van der Waals surface area contributed by atoms with E-state index in [0.717, 1.165) is 6.42 Å². The van der Waals surface area contributed by atoms with Crippen LogP contribution in [0, 0.1) is 18.3 Å². The normalized spacial score (nSPS) is 12.0. The molecule has 1 atom stereocenters. The van der Waals surface area contributed by atoms with Gasteiger partial charge < -0.3 is 5.11 Å². The molecule has 1 aromatic rings. The lowest BCUT2D eigenvalue weighted by molar-refractivity contribution is 0.272. The maximum absolute atomic E-state index is 8.75. The van der Waals surface area contributed by atoms with Gasteiger partial charge in [0, 0.05) is 12.5 Å². The molecule has 0 saturated carbocycles. The molecule has 0 spiro atoms. The number of terminal acetylenes is 1. The lowest BCUT2D eigenvalue weighted by atomic mass is 9.97. The fourth-order valence-corrected chi connectivity index (χ4v) is 1.30. The van der Waals surface area contributed by atoms with E-state index in [9.17, 15) is 0 Å². The SMILES string of the molecule is C#CC(CCO)Cc1ccccc1. The molecule has 1 heteroatoms. The van der Waals surface area contributed by atoms with Crippen LogP contribution < -0.4 is 0 Å². The van der Waals surface area contributed by atoms with Crippen molar-refractivity contribution in [1.29, 1.82) is 0 Å². The van der Waals surface area contributed by atoms with Crippen molar-refractivity contribution in [3.05, 3.63) is 35.9 Å². The molecule has 68 valence electrons. The van der Waals surface area contributed by atoms with Crippen molar-refractivity contribution in [3.63, 3.8) is 0 Å². The Balaban J connectivity index is 2.53. The highest BCUT2D eigenvalue weighted by Crippen LogP contribution is 2.10. The maximum atomic E-state index is 8.75. The predicted molar refractivity (Wildman–Crippen MR) is 54.2 cm³/mol. The second-order valence-corrected chi connectivity index (χ2v) is 3.07. The first-order chi connectivity index (χ1) is 6.36. The van der Waals surface area contributed by atoms with Gasteiger partial charge in [0.1, 0.15) is 0 Å². The Morgan fingerprint density at radius 1 is 1.31 bits per heavy atom. The molecule has 0 saturated heterocycles. The summed E-state index contributed by atoms with van der Waals surface area (Å²) in [4.78, 5) is 0. The summed E-state index contributed by atoms with van der Waals surface area (Å²) < 4.78 is 0. The average molecular weight is 174 g/mol. The van der Waals surface area contributed by atoms with E-state index in [-0.39, 0.29) is 12.5 Å². The molecule has 0 aliphatic rings. The molecule has 1 unspecified atom stereocenters. The molecule has 0 bridgehead atoms. The standard InChI is InChI=1S/C12H14O/c1-2-11(8-9-13)10-12-6-4-3-5-7-12/h1,3-7,11,13H,8-10H2. The van der Waals surface area contributed by atoms with Crippen LogP contribution in [-0.4, -0.2) is 11.7 Å². The summed E-state index contributed by atoms with van der Waals surface area (Å²) in [6.45, 7) is 0.168. The average Bonchev–Trinajstić information content (AvgIpc) is 2.19. The van der Waals surface area contributed by atoms with E-state index in [2.05, 4.69) is 18.1 Å². The Labute approximate surface area is 79.4 Å². The predicted octanol–water partition coefficient (Wildman–Crippen LogP) is 1.86. The number of aliphatic hydroxyl groups excluding tert-OH is 1. The summed E-state index contributed by atoms with van der Waals surface area (Å²) in [5.41, 5.74) is 1.24. The van der Waals surface area contributed by atoms with Crippen molar-refractivity contribution < 1.29 is 5.11 Å². The van der Waals surface area contributed by atoms with Gasteiger partial charge in [0.05, 0.1) is 0 Å². The molecule has 1 nitrogen and oxygen atoms in total. The molecular formula is C12H14O. The third kappa shape index (κ3) is 3.31. The summed E-state index contributed by atoms with van der Waals surface area (Å²) in [5.74, 6) is 2.85. The van der Waals surface area contributed by atoms with Gasteiger partial charge in [-0.2, -0.15) is 0 Å². The molecule has 0 radical (unpaired) electrons. The summed E-state index contributed by atoms with van der Waals surface area (Å²) in [6.07, 6.45) is 6.89. The molecule has 13 heavy (non-hydrogen) atoms. The minimum absolute atomic E-state index is 0.160. The minimum atomic E-state index is 0.160. The van der Waals surface area contributed by atoms with E-state index in [1.165, 1.54) is 5.56 Å². The van der Waals surface area contributed by atoms with Crippen LogP contribution >= 0.6 is 0 Å². The first-order valence-electron chi connectivity index (χ1n) is 4.47. The quantitative estimate of drug-likeness (QED) is 0.691. The fraction of sp³-hybridized carbons (Fsp3) is 0.333. The highest BCUT2D eigenvalue weighted by molar-refractivity contribution is 5.17. The van der Waals surface area contributed by atoms with Gasteiger partial charge in [-0.3, -0.25) is 0 Å². The third-order valence-corrected chi connectivity index (χ3v) is 2.04. The van der Waals surface area contributed by atoms with Gasteiger partial charge in [-0.1, -0.05) is 30.3 Å². The molecule has 1 aromatic carbocycles. The van der Waals surface area contributed by atoms with Crippen LogP contribution in [0.25, 0.3) is 0 Å². The maximum Gasteiger partial charge on any atom is 0.0442 e. The largest absolute Gasteiger partial charge is 0.396 e. The van der Waals surface area contributed by atoms with E-state index in [1.807, 2.05) is 18.2 Å². The van der Waals surface area contributed by atoms with Crippen molar-refractivity contribution in [1.82, 2.24) is 0 Å². The number of hydrogen-bond acceptors (Lipinski definition) is 1. The van der Waals surface area contributed by atoms with Crippen molar-refractivity contribution in [2.24, 2.45) is 5.92 Å². The van der Waals surface area contributed by atoms with Gasteiger partial charge >= 0.3 is 0 Å². The van der Waals surface area contributed by atoms with Crippen LogP contribution in [0.3, 0.4) is 0 Å². The molecular weight excluding hydrogens is 160 g/mol. The lowest BCUT2D eigenvalue weighted by Crippen LogP contribution is -2.03. The molecule has 1 N–H and O–H groups in total. The van der Waals surface area contributed by atoms with Crippen molar-refractivity contribution >= 4 is 0 Å². The Morgan fingerprint density at radius 3 is 2.54 bits per heavy atom. The zero-order chi connectivity index (χ0) is 9.52. The summed E-state index contributed by atoms with van der Waals surface area (Å²) in [5, 5.41) is 8.75. The molecule has 0 aliphatic carbocycles. The van der Waals surface area contributed by atoms with Gasteiger partial charge in [-0.15, -0.1) is 12.3 Å². The molecule has 0 aliphatic heterocycles. The Bertz CT molecular complexity index is 271. The molecule has 0 amide bonds. The van der Waals surface area contributed by atoms with E-state index in [0.29, 0.717) is 6.42 Å². The Hall–Kier alpha value is -1.26. The van der Waals surface area contributed by atoms with E-state index in [4.69, 9.17) is 11.5 Å². The van der Waals surface area contributed by atoms with Crippen molar-refractivity contribution in [2.45, 2.75) is 12.8 Å².